The van der Waals surface area contributed by atoms with Gasteiger partial charge in [-0.1, -0.05) is 6.07 Å². The zero-order chi connectivity index (χ0) is 15.4. The molecule has 2 rings (SSSR count). The summed E-state index contributed by atoms with van der Waals surface area (Å²) in [6.07, 6.45) is 1.56. The van der Waals surface area contributed by atoms with E-state index in [0.29, 0.717) is 5.82 Å². The van der Waals surface area contributed by atoms with Gasteiger partial charge in [0.25, 0.3) is 11.6 Å². The molecule has 8 heteroatoms. The molecule has 0 radical (unpaired) electrons. The second-order valence-corrected chi connectivity index (χ2v) is 4.19. The molecule has 2 aromatic rings. The third kappa shape index (κ3) is 2.95. The molecular formula is C13H13N5O3. The predicted octanol–water partition coefficient (Wildman–Crippen LogP) is 1.55. The molecule has 0 saturated heterocycles. The quantitative estimate of drug-likeness (QED) is 0.501. The van der Waals surface area contributed by atoms with Crippen molar-refractivity contribution in [3.05, 3.63) is 58.3 Å². The monoisotopic (exact) mass is 287 g/mol. The number of benzene rings is 1. The van der Waals surface area contributed by atoms with Crippen LogP contribution in [-0.4, -0.2) is 22.9 Å². The molecule has 108 valence electrons. The van der Waals surface area contributed by atoms with Crippen LogP contribution >= 0.6 is 0 Å². The Labute approximate surface area is 120 Å². The number of carbonyl (C=O) groups is 1. The number of amides is 1. The first-order valence-electron chi connectivity index (χ1n) is 5.98. The van der Waals surface area contributed by atoms with Crippen LogP contribution in [-0.2, 0) is 0 Å². The molecule has 1 amide bonds. The molecule has 1 aromatic heterocycles. The Bertz CT molecular complexity index is 675. The molecule has 0 aliphatic carbocycles. The first-order valence-corrected chi connectivity index (χ1v) is 5.98. The summed E-state index contributed by atoms with van der Waals surface area (Å²) < 4.78 is 0. The lowest BCUT2D eigenvalue weighted by Crippen LogP contribution is -2.27. The lowest BCUT2D eigenvalue weighted by molar-refractivity contribution is -0.384. The Balaban J connectivity index is 2.36. The van der Waals surface area contributed by atoms with Crippen molar-refractivity contribution in [2.24, 2.45) is 5.84 Å². The Morgan fingerprint density at radius 3 is 2.71 bits per heavy atom. The summed E-state index contributed by atoms with van der Waals surface area (Å²) >= 11 is 0. The maximum Gasteiger partial charge on any atom is 0.294 e. The summed E-state index contributed by atoms with van der Waals surface area (Å²) in [5.74, 6) is 5.25. The van der Waals surface area contributed by atoms with E-state index in [4.69, 9.17) is 5.84 Å². The van der Waals surface area contributed by atoms with Crippen molar-refractivity contribution >= 4 is 23.1 Å². The van der Waals surface area contributed by atoms with Gasteiger partial charge < -0.3 is 5.43 Å². The number of nitrogen functional groups attached to an aromatic ring is 1. The van der Waals surface area contributed by atoms with E-state index >= 15 is 0 Å². The van der Waals surface area contributed by atoms with E-state index in [1.165, 1.54) is 23.1 Å². The minimum Gasteiger partial charge on any atom is -0.318 e. The van der Waals surface area contributed by atoms with E-state index in [1.54, 1.807) is 31.4 Å². The molecular weight excluding hydrogens is 274 g/mol. The fraction of sp³-hybridized carbons (Fsp3) is 0.0769. The zero-order valence-electron chi connectivity index (χ0n) is 11.2. The van der Waals surface area contributed by atoms with Crippen LogP contribution in [0, 0.1) is 10.1 Å². The van der Waals surface area contributed by atoms with Crippen molar-refractivity contribution in [1.82, 2.24) is 4.98 Å². The number of carbonyl (C=O) groups excluding carboxylic acids is 1. The normalized spacial score (nSPS) is 10.0. The van der Waals surface area contributed by atoms with E-state index in [1.807, 2.05) is 0 Å². The summed E-state index contributed by atoms with van der Waals surface area (Å²) in [4.78, 5) is 28.1. The summed E-state index contributed by atoms with van der Waals surface area (Å²) in [5.41, 5.74) is 2.27. The SMILES string of the molecule is CN(C(=O)c1ccc(NN)c([N+](=O)[O-])c1)c1ccccn1. The lowest BCUT2D eigenvalue weighted by atomic mass is 10.1. The van der Waals surface area contributed by atoms with E-state index < -0.39 is 10.8 Å². The van der Waals surface area contributed by atoms with Crippen LogP contribution < -0.4 is 16.2 Å². The van der Waals surface area contributed by atoms with Gasteiger partial charge in [-0.2, -0.15) is 0 Å². The summed E-state index contributed by atoms with van der Waals surface area (Å²) in [6.45, 7) is 0. The van der Waals surface area contributed by atoms with E-state index in [-0.39, 0.29) is 16.9 Å². The Morgan fingerprint density at radius 1 is 1.38 bits per heavy atom. The molecule has 0 aliphatic heterocycles. The molecule has 0 fully saturated rings. The summed E-state index contributed by atoms with van der Waals surface area (Å²) in [5, 5.41) is 11.0. The third-order valence-electron chi connectivity index (χ3n) is 2.89. The smallest absolute Gasteiger partial charge is 0.294 e. The van der Waals surface area contributed by atoms with Crippen molar-refractivity contribution in [3.8, 4) is 0 Å². The zero-order valence-corrected chi connectivity index (χ0v) is 11.2. The van der Waals surface area contributed by atoms with Gasteiger partial charge in [0.15, 0.2) is 0 Å². The number of pyridine rings is 1. The highest BCUT2D eigenvalue weighted by Gasteiger charge is 2.20. The van der Waals surface area contributed by atoms with E-state index in [2.05, 4.69) is 10.4 Å². The number of nitrogens with two attached hydrogens (primary N) is 1. The summed E-state index contributed by atoms with van der Waals surface area (Å²) in [6, 6.07) is 9.17. The van der Waals surface area contributed by atoms with E-state index in [9.17, 15) is 14.9 Å². The van der Waals surface area contributed by atoms with Crippen molar-refractivity contribution < 1.29 is 9.72 Å². The van der Waals surface area contributed by atoms with Crippen molar-refractivity contribution in [1.29, 1.82) is 0 Å². The Morgan fingerprint density at radius 2 is 2.14 bits per heavy atom. The number of rotatable bonds is 4. The number of nitro groups is 1. The first-order chi connectivity index (χ1) is 10.0. The predicted molar refractivity (Wildman–Crippen MR) is 77.9 cm³/mol. The van der Waals surface area contributed by atoms with Crippen LogP contribution in [0.1, 0.15) is 10.4 Å². The number of hydrogen-bond donors (Lipinski definition) is 2. The van der Waals surface area contributed by atoms with Crippen LogP contribution in [0.5, 0.6) is 0 Å². The maximum atomic E-state index is 12.3. The van der Waals surface area contributed by atoms with Gasteiger partial charge in [0, 0.05) is 24.9 Å². The first kappa shape index (κ1) is 14.4. The van der Waals surface area contributed by atoms with Gasteiger partial charge in [0.1, 0.15) is 11.5 Å². The van der Waals surface area contributed by atoms with Crippen LogP contribution in [0.25, 0.3) is 0 Å². The number of nitrogens with zero attached hydrogens (tertiary/aromatic N) is 3. The number of aromatic nitrogens is 1. The highest BCUT2D eigenvalue weighted by Crippen LogP contribution is 2.25. The third-order valence-corrected chi connectivity index (χ3v) is 2.89. The highest BCUT2D eigenvalue weighted by molar-refractivity contribution is 6.06. The second-order valence-electron chi connectivity index (χ2n) is 4.19. The topological polar surface area (TPSA) is 114 Å². The molecule has 1 heterocycles. The summed E-state index contributed by atoms with van der Waals surface area (Å²) in [7, 11) is 1.55. The average molecular weight is 287 g/mol. The minimum absolute atomic E-state index is 0.136. The van der Waals surface area contributed by atoms with Crippen LogP contribution in [0.4, 0.5) is 17.2 Å². The Hall–Kier alpha value is -3.00. The molecule has 0 unspecified atom stereocenters. The van der Waals surface area contributed by atoms with Crippen LogP contribution in [0.2, 0.25) is 0 Å². The fourth-order valence-electron chi connectivity index (χ4n) is 1.79. The van der Waals surface area contributed by atoms with Gasteiger partial charge >= 0.3 is 0 Å². The molecule has 21 heavy (non-hydrogen) atoms. The van der Waals surface area contributed by atoms with Gasteiger partial charge in [-0.05, 0) is 24.3 Å². The van der Waals surface area contributed by atoms with Gasteiger partial charge in [0.2, 0.25) is 0 Å². The van der Waals surface area contributed by atoms with Crippen LogP contribution in [0.15, 0.2) is 42.6 Å². The molecule has 3 N–H and O–H groups in total. The van der Waals surface area contributed by atoms with E-state index in [0.717, 1.165) is 0 Å². The van der Waals surface area contributed by atoms with Gasteiger partial charge in [-0.25, -0.2) is 4.98 Å². The minimum atomic E-state index is -0.604. The molecule has 0 atom stereocenters. The molecule has 8 nitrogen and oxygen atoms in total. The largest absolute Gasteiger partial charge is 0.318 e. The lowest BCUT2D eigenvalue weighted by Gasteiger charge is -2.16. The number of nitrogens with one attached hydrogen (secondary N) is 1. The molecule has 0 aliphatic rings. The molecule has 0 bridgehead atoms. The highest BCUT2D eigenvalue weighted by atomic mass is 16.6. The molecule has 0 spiro atoms. The van der Waals surface area contributed by atoms with Crippen molar-refractivity contribution in [3.63, 3.8) is 0 Å². The molecule has 1 aromatic carbocycles. The number of hydrogen-bond acceptors (Lipinski definition) is 6. The fourth-order valence-corrected chi connectivity index (χ4v) is 1.79. The van der Waals surface area contributed by atoms with Crippen LogP contribution in [0.3, 0.4) is 0 Å². The van der Waals surface area contributed by atoms with Crippen molar-refractivity contribution in [2.75, 3.05) is 17.4 Å². The average Bonchev–Trinajstić information content (AvgIpc) is 2.53. The van der Waals surface area contributed by atoms with Gasteiger partial charge in [-0.15, -0.1) is 0 Å². The standard InChI is InChI=1S/C13H13N5O3/c1-17(12-4-2-3-7-15-12)13(19)9-5-6-10(16-14)11(8-9)18(20)21/h2-8,16H,14H2,1H3. The maximum absolute atomic E-state index is 12.3. The second kappa shape index (κ2) is 5.97. The Kier molecular flexibility index (Phi) is 4.10. The number of hydrazine groups is 1. The number of anilines is 2. The molecule has 0 saturated carbocycles. The number of nitro benzene ring substituents is 1. The van der Waals surface area contributed by atoms with Gasteiger partial charge in [0.05, 0.1) is 4.92 Å². The van der Waals surface area contributed by atoms with Gasteiger partial charge in [-0.3, -0.25) is 25.7 Å². The van der Waals surface area contributed by atoms with Crippen molar-refractivity contribution in [2.45, 2.75) is 0 Å².